The van der Waals surface area contributed by atoms with Crippen LogP contribution in [0.25, 0.3) is 0 Å². The third-order valence-electron chi connectivity index (χ3n) is 4.36. The molecule has 4 heterocycles. The number of hydrogen-bond donors (Lipinski definition) is 3. The van der Waals surface area contributed by atoms with E-state index in [1.807, 2.05) is 4.90 Å². The number of anilines is 4. The van der Waals surface area contributed by atoms with Crippen LogP contribution in [0.1, 0.15) is 21.1 Å². The fourth-order valence-electron chi connectivity index (χ4n) is 2.93. The lowest BCUT2D eigenvalue weighted by Gasteiger charge is -2.27. The first-order valence-electron chi connectivity index (χ1n) is 9.16. The Hall–Kier alpha value is -2.83. The van der Waals surface area contributed by atoms with Gasteiger partial charge in [0.25, 0.3) is 5.91 Å². The van der Waals surface area contributed by atoms with Crippen molar-refractivity contribution >= 4 is 68.5 Å². The van der Waals surface area contributed by atoms with Crippen molar-refractivity contribution in [2.24, 2.45) is 0 Å². The fraction of sp³-hybridized carbons (Fsp3) is 0.278. The van der Waals surface area contributed by atoms with Crippen molar-refractivity contribution in [2.45, 2.75) is 13.6 Å². The zero-order chi connectivity index (χ0) is 22.0. The lowest BCUT2D eigenvalue weighted by Crippen LogP contribution is -2.48. The standard InChI is InChI=1S/C18H17ClFN7O2S2/c1-9-23-12(4-13(24-9)27-3-2-21-14(28)7-27)25-18-22-6-11(31-18)17(29)26-15-10(5-20)8-30-16(15)19/h4,6,8H,2-3,5,7H2,1H3,(H,21,28)(H,26,29)(H,22,23,24,25). The van der Waals surface area contributed by atoms with E-state index in [-0.39, 0.29) is 18.1 Å². The van der Waals surface area contributed by atoms with Crippen LogP contribution >= 0.6 is 34.3 Å². The topological polar surface area (TPSA) is 112 Å². The van der Waals surface area contributed by atoms with Crippen LogP contribution in [0, 0.1) is 6.92 Å². The second kappa shape index (κ2) is 9.12. The molecule has 31 heavy (non-hydrogen) atoms. The summed E-state index contributed by atoms with van der Waals surface area (Å²) < 4.78 is 13.4. The zero-order valence-electron chi connectivity index (χ0n) is 16.2. The Morgan fingerprint density at radius 1 is 1.42 bits per heavy atom. The Morgan fingerprint density at radius 2 is 2.26 bits per heavy atom. The van der Waals surface area contributed by atoms with Crippen LogP contribution in [-0.4, -0.2) is 46.4 Å². The molecule has 3 aromatic rings. The molecule has 2 amide bonds. The number of nitrogens with one attached hydrogen (secondary N) is 3. The monoisotopic (exact) mass is 481 g/mol. The maximum atomic E-state index is 13.1. The minimum Gasteiger partial charge on any atom is -0.353 e. The average Bonchev–Trinajstić information content (AvgIpc) is 3.34. The van der Waals surface area contributed by atoms with Crippen LogP contribution in [0.5, 0.6) is 0 Å². The lowest BCUT2D eigenvalue weighted by atomic mass is 10.3. The number of hydrogen-bond acceptors (Lipinski definition) is 9. The van der Waals surface area contributed by atoms with Gasteiger partial charge < -0.3 is 20.9 Å². The molecule has 0 atom stereocenters. The van der Waals surface area contributed by atoms with Crippen molar-refractivity contribution in [1.29, 1.82) is 0 Å². The van der Waals surface area contributed by atoms with Crippen LogP contribution in [0.4, 0.5) is 26.8 Å². The van der Waals surface area contributed by atoms with Gasteiger partial charge in [0.15, 0.2) is 5.13 Å². The summed E-state index contributed by atoms with van der Waals surface area (Å²) in [5, 5.41) is 10.5. The van der Waals surface area contributed by atoms with E-state index in [1.54, 1.807) is 18.4 Å². The number of nitrogens with zero attached hydrogens (tertiary/aromatic N) is 4. The summed E-state index contributed by atoms with van der Waals surface area (Å²) in [6.07, 6.45) is 1.42. The quantitative estimate of drug-likeness (QED) is 0.495. The molecule has 1 aliphatic rings. The summed E-state index contributed by atoms with van der Waals surface area (Å²) in [7, 11) is 0. The molecule has 0 unspecified atom stereocenters. The van der Waals surface area contributed by atoms with Gasteiger partial charge in [-0.25, -0.2) is 19.3 Å². The first kappa shape index (κ1) is 21.4. The van der Waals surface area contributed by atoms with Gasteiger partial charge >= 0.3 is 0 Å². The average molecular weight is 482 g/mol. The Balaban J connectivity index is 1.48. The van der Waals surface area contributed by atoms with Crippen molar-refractivity contribution in [3.63, 3.8) is 0 Å². The van der Waals surface area contributed by atoms with Crippen LogP contribution in [0.2, 0.25) is 4.34 Å². The van der Waals surface area contributed by atoms with Crippen molar-refractivity contribution < 1.29 is 14.0 Å². The molecule has 3 N–H and O–H groups in total. The molecule has 162 valence electrons. The molecular formula is C18H17ClFN7O2S2. The molecule has 1 aliphatic heterocycles. The SMILES string of the molecule is Cc1nc(Nc2ncc(C(=O)Nc3c(CF)csc3Cl)s2)cc(N2CCNC(=O)C2)n1. The van der Waals surface area contributed by atoms with Crippen LogP contribution in [-0.2, 0) is 11.5 Å². The van der Waals surface area contributed by atoms with Gasteiger partial charge in [0.1, 0.15) is 33.3 Å². The predicted molar refractivity (Wildman–Crippen MR) is 119 cm³/mol. The largest absolute Gasteiger partial charge is 0.353 e. The van der Waals surface area contributed by atoms with E-state index in [0.717, 1.165) is 22.7 Å². The first-order valence-corrected chi connectivity index (χ1v) is 11.2. The van der Waals surface area contributed by atoms with E-state index in [4.69, 9.17) is 11.6 Å². The maximum Gasteiger partial charge on any atom is 0.267 e. The minimum atomic E-state index is -0.720. The number of aryl methyl sites for hydroxylation is 1. The van der Waals surface area contributed by atoms with Crippen LogP contribution in [0.15, 0.2) is 17.6 Å². The summed E-state index contributed by atoms with van der Waals surface area (Å²) in [6.45, 7) is 2.46. The smallest absolute Gasteiger partial charge is 0.267 e. The van der Waals surface area contributed by atoms with Gasteiger partial charge in [-0.3, -0.25) is 9.59 Å². The molecule has 0 bridgehead atoms. The Morgan fingerprint density at radius 3 is 3.03 bits per heavy atom. The van der Waals surface area contributed by atoms with Gasteiger partial charge in [-0.05, 0) is 6.92 Å². The molecular weight excluding hydrogens is 465 g/mol. The fourth-order valence-corrected chi connectivity index (χ4v) is 4.68. The summed E-state index contributed by atoms with van der Waals surface area (Å²) in [6, 6.07) is 1.73. The number of carbonyl (C=O) groups is 2. The van der Waals surface area contributed by atoms with E-state index in [1.165, 1.54) is 6.20 Å². The van der Waals surface area contributed by atoms with Gasteiger partial charge in [0.2, 0.25) is 5.91 Å². The minimum absolute atomic E-state index is 0.0609. The number of carbonyl (C=O) groups excluding carboxylic acids is 2. The lowest BCUT2D eigenvalue weighted by molar-refractivity contribution is -0.120. The van der Waals surface area contributed by atoms with E-state index < -0.39 is 12.6 Å². The van der Waals surface area contributed by atoms with Crippen molar-refractivity contribution in [3.05, 3.63) is 38.2 Å². The van der Waals surface area contributed by atoms with Crippen molar-refractivity contribution in [2.75, 3.05) is 35.2 Å². The second-order valence-corrected chi connectivity index (χ2v) is 9.09. The second-order valence-electron chi connectivity index (χ2n) is 6.58. The number of piperazine rings is 1. The van der Waals surface area contributed by atoms with E-state index >= 15 is 0 Å². The molecule has 9 nitrogen and oxygen atoms in total. The molecule has 13 heteroatoms. The number of amides is 2. The Labute approximate surface area is 189 Å². The normalized spacial score (nSPS) is 13.8. The van der Waals surface area contributed by atoms with Gasteiger partial charge in [0, 0.05) is 30.1 Å². The number of rotatable bonds is 6. The first-order chi connectivity index (χ1) is 14.9. The summed E-state index contributed by atoms with van der Waals surface area (Å²) in [4.78, 5) is 39.4. The zero-order valence-corrected chi connectivity index (χ0v) is 18.6. The molecule has 0 saturated carbocycles. The Kier molecular flexibility index (Phi) is 6.30. The van der Waals surface area contributed by atoms with E-state index in [9.17, 15) is 14.0 Å². The molecule has 0 spiro atoms. The van der Waals surface area contributed by atoms with Crippen molar-refractivity contribution in [3.8, 4) is 0 Å². The molecule has 0 aliphatic carbocycles. The number of thiazole rings is 1. The van der Waals surface area contributed by atoms with Crippen LogP contribution < -0.4 is 20.9 Å². The molecule has 1 saturated heterocycles. The van der Waals surface area contributed by atoms with Crippen LogP contribution in [0.3, 0.4) is 0 Å². The van der Waals surface area contributed by atoms with Gasteiger partial charge in [-0.1, -0.05) is 22.9 Å². The summed E-state index contributed by atoms with van der Waals surface area (Å²) >= 11 is 8.32. The van der Waals surface area contributed by atoms with Gasteiger partial charge in [-0.15, -0.1) is 11.3 Å². The van der Waals surface area contributed by atoms with Crippen molar-refractivity contribution in [1.82, 2.24) is 20.3 Å². The van der Waals surface area contributed by atoms with E-state index in [2.05, 4.69) is 30.9 Å². The number of halogens is 2. The highest BCUT2D eigenvalue weighted by molar-refractivity contribution is 7.17. The number of thiophene rings is 1. The molecule has 1 fully saturated rings. The third kappa shape index (κ3) is 4.92. The summed E-state index contributed by atoms with van der Waals surface area (Å²) in [5.41, 5.74) is 0.616. The molecule has 3 aromatic heterocycles. The Bertz CT molecular complexity index is 1140. The van der Waals surface area contributed by atoms with Gasteiger partial charge in [-0.2, -0.15) is 0 Å². The highest BCUT2D eigenvalue weighted by Crippen LogP contribution is 2.34. The molecule has 0 radical (unpaired) electrons. The third-order valence-corrected chi connectivity index (χ3v) is 6.54. The summed E-state index contributed by atoms with van der Waals surface area (Å²) in [5.74, 6) is 1.17. The number of alkyl halides is 1. The number of aromatic nitrogens is 3. The predicted octanol–water partition coefficient (Wildman–Crippen LogP) is 3.36. The highest BCUT2D eigenvalue weighted by atomic mass is 35.5. The van der Waals surface area contributed by atoms with E-state index in [0.29, 0.717) is 50.5 Å². The molecule has 4 rings (SSSR count). The maximum absolute atomic E-state index is 13.1. The highest BCUT2D eigenvalue weighted by Gasteiger charge is 2.20. The van der Waals surface area contributed by atoms with Gasteiger partial charge in [0.05, 0.1) is 18.4 Å². The molecule has 0 aromatic carbocycles.